The van der Waals surface area contributed by atoms with Crippen LogP contribution >= 0.6 is 0 Å². The fourth-order valence-electron chi connectivity index (χ4n) is 0.924. The van der Waals surface area contributed by atoms with Crippen molar-refractivity contribution in [3.05, 3.63) is 11.8 Å². The summed E-state index contributed by atoms with van der Waals surface area (Å²) >= 11 is 0. The molecule has 0 aliphatic heterocycles. The Morgan fingerprint density at radius 1 is 1.29 bits per heavy atom. The first-order valence-corrected chi connectivity index (χ1v) is 5.23. The highest BCUT2D eigenvalue weighted by atomic mass is 16.6. The van der Waals surface area contributed by atoms with Crippen molar-refractivity contribution in [2.24, 2.45) is 0 Å². The second-order valence-corrected chi connectivity index (χ2v) is 3.04. The average molecular weight is 240 g/mol. The number of carbonyl (C=O) groups is 2. The first-order valence-electron chi connectivity index (χ1n) is 5.23. The molecule has 0 spiro atoms. The Labute approximate surface area is 100 Å². The number of nitrogens with one attached hydrogen (secondary N) is 1. The molecule has 1 N–H and O–H groups in total. The van der Waals surface area contributed by atoms with Crippen molar-refractivity contribution < 1.29 is 19.1 Å². The van der Waals surface area contributed by atoms with Crippen LogP contribution in [-0.2, 0) is 19.1 Å². The van der Waals surface area contributed by atoms with Crippen molar-refractivity contribution in [1.82, 2.24) is 5.32 Å². The van der Waals surface area contributed by atoms with E-state index in [1.165, 1.54) is 6.20 Å². The number of carbonyl (C=O) groups excluding carboxylic acids is 2. The molecule has 94 valence electrons. The maximum atomic E-state index is 11.5. The molecule has 0 heterocycles. The third-order valence-corrected chi connectivity index (χ3v) is 1.69. The first kappa shape index (κ1) is 15.0. The zero-order valence-electron chi connectivity index (χ0n) is 10.1. The normalized spacial score (nSPS) is 10.6. The van der Waals surface area contributed by atoms with Crippen molar-refractivity contribution in [1.29, 1.82) is 5.26 Å². The summed E-state index contributed by atoms with van der Waals surface area (Å²) in [4.78, 5) is 22.9. The minimum Gasteiger partial charge on any atom is -0.464 e. The van der Waals surface area contributed by atoms with E-state index >= 15 is 0 Å². The summed E-state index contributed by atoms with van der Waals surface area (Å²) < 4.78 is 9.45. The summed E-state index contributed by atoms with van der Waals surface area (Å²) in [5.74, 6) is -1.46. The third-order valence-electron chi connectivity index (χ3n) is 1.69. The molecule has 0 saturated carbocycles. The van der Waals surface area contributed by atoms with Crippen LogP contribution in [0.25, 0.3) is 0 Å². The van der Waals surface area contributed by atoms with Gasteiger partial charge in [0, 0.05) is 11.8 Å². The van der Waals surface area contributed by atoms with E-state index in [4.69, 9.17) is 14.7 Å². The number of hydrogen-bond donors (Lipinski definition) is 1. The van der Waals surface area contributed by atoms with Crippen LogP contribution < -0.4 is 5.32 Å². The molecule has 0 aromatic carbocycles. The largest absolute Gasteiger partial charge is 0.464 e. The number of nitrogens with zero attached hydrogens (tertiary/aromatic N) is 1. The SMILES string of the molecule is CCOC(=O)C(NC=C(C)C#N)C(=O)OCC. The molecular formula is C11H16N2O4. The second kappa shape index (κ2) is 8.16. The Morgan fingerprint density at radius 2 is 1.76 bits per heavy atom. The van der Waals surface area contributed by atoms with Crippen LogP contribution in [0.15, 0.2) is 11.8 Å². The number of nitriles is 1. The van der Waals surface area contributed by atoms with Gasteiger partial charge in [-0.2, -0.15) is 5.26 Å². The molecule has 0 aromatic rings. The van der Waals surface area contributed by atoms with Gasteiger partial charge in [-0.3, -0.25) is 0 Å². The molecule has 0 unspecified atom stereocenters. The summed E-state index contributed by atoms with van der Waals surface area (Å²) in [7, 11) is 0. The lowest BCUT2D eigenvalue weighted by molar-refractivity contribution is -0.157. The van der Waals surface area contributed by atoms with Gasteiger partial charge in [0.05, 0.1) is 19.3 Å². The predicted octanol–water partition coefficient (Wildman–Crippen LogP) is 0.498. The van der Waals surface area contributed by atoms with Crippen LogP contribution in [0.3, 0.4) is 0 Å². The summed E-state index contributed by atoms with van der Waals surface area (Å²) in [6.07, 6.45) is 1.28. The zero-order valence-corrected chi connectivity index (χ0v) is 10.1. The average Bonchev–Trinajstić information content (AvgIpc) is 2.29. The van der Waals surface area contributed by atoms with Crippen molar-refractivity contribution in [2.45, 2.75) is 26.8 Å². The van der Waals surface area contributed by atoms with Crippen molar-refractivity contribution >= 4 is 11.9 Å². The van der Waals surface area contributed by atoms with Crippen LogP contribution in [0.1, 0.15) is 20.8 Å². The van der Waals surface area contributed by atoms with Gasteiger partial charge < -0.3 is 14.8 Å². The molecular weight excluding hydrogens is 224 g/mol. The molecule has 0 aliphatic rings. The van der Waals surface area contributed by atoms with Crippen LogP contribution in [0.5, 0.6) is 0 Å². The second-order valence-electron chi connectivity index (χ2n) is 3.04. The van der Waals surface area contributed by atoms with E-state index in [-0.39, 0.29) is 13.2 Å². The zero-order chi connectivity index (χ0) is 13.3. The van der Waals surface area contributed by atoms with Crippen LogP contribution in [-0.4, -0.2) is 31.2 Å². The minimum atomic E-state index is -1.24. The fraction of sp³-hybridized carbons (Fsp3) is 0.545. The van der Waals surface area contributed by atoms with E-state index in [1.54, 1.807) is 20.8 Å². The maximum absolute atomic E-state index is 11.5. The number of ether oxygens (including phenoxy) is 2. The molecule has 6 nitrogen and oxygen atoms in total. The van der Waals surface area contributed by atoms with Gasteiger partial charge >= 0.3 is 11.9 Å². The van der Waals surface area contributed by atoms with Crippen molar-refractivity contribution in [3.8, 4) is 6.07 Å². The summed E-state index contributed by atoms with van der Waals surface area (Å²) in [6, 6.07) is 0.619. The Hall–Kier alpha value is -2.03. The summed E-state index contributed by atoms with van der Waals surface area (Å²) in [5.41, 5.74) is 0.337. The van der Waals surface area contributed by atoms with Gasteiger partial charge in [-0.15, -0.1) is 0 Å². The van der Waals surface area contributed by atoms with Gasteiger partial charge in [0.15, 0.2) is 0 Å². The molecule has 0 amide bonds. The lowest BCUT2D eigenvalue weighted by atomic mass is 10.3. The highest BCUT2D eigenvalue weighted by Gasteiger charge is 2.28. The molecule has 0 fully saturated rings. The number of esters is 2. The fourth-order valence-corrected chi connectivity index (χ4v) is 0.924. The lowest BCUT2D eigenvalue weighted by Gasteiger charge is -2.14. The van der Waals surface area contributed by atoms with E-state index in [2.05, 4.69) is 5.32 Å². The summed E-state index contributed by atoms with van der Waals surface area (Å²) in [5, 5.41) is 11.0. The quantitative estimate of drug-likeness (QED) is 0.413. The maximum Gasteiger partial charge on any atom is 0.340 e. The molecule has 0 rings (SSSR count). The minimum absolute atomic E-state index is 0.164. The molecule has 0 aliphatic carbocycles. The molecule has 0 saturated heterocycles. The topological polar surface area (TPSA) is 88.4 Å². The third kappa shape index (κ3) is 5.56. The monoisotopic (exact) mass is 240 g/mol. The molecule has 6 heteroatoms. The van der Waals surface area contributed by atoms with E-state index < -0.39 is 18.0 Å². The van der Waals surface area contributed by atoms with Gasteiger partial charge in [0.1, 0.15) is 0 Å². The van der Waals surface area contributed by atoms with E-state index in [9.17, 15) is 9.59 Å². The molecule has 0 bridgehead atoms. The van der Waals surface area contributed by atoms with Gasteiger partial charge in [-0.1, -0.05) is 0 Å². The van der Waals surface area contributed by atoms with Crippen LogP contribution in [0.4, 0.5) is 0 Å². The predicted molar refractivity (Wildman–Crippen MR) is 59.6 cm³/mol. The Morgan fingerprint density at radius 3 is 2.12 bits per heavy atom. The summed E-state index contributed by atoms with van der Waals surface area (Å²) in [6.45, 7) is 5.14. The molecule has 0 aromatic heterocycles. The molecule has 0 radical (unpaired) electrons. The van der Waals surface area contributed by atoms with Gasteiger partial charge in [0.25, 0.3) is 0 Å². The number of allylic oxidation sites excluding steroid dienone is 1. The van der Waals surface area contributed by atoms with Gasteiger partial charge in [-0.05, 0) is 20.8 Å². The first-order chi connectivity index (χ1) is 8.06. The smallest absolute Gasteiger partial charge is 0.340 e. The highest BCUT2D eigenvalue weighted by molar-refractivity contribution is 5.99. The van der Waals surface area contributed by atoms with E-state index in [0.29, 0.717) is 5.57 Å². The lowest BCUT2D eigenvalue weighted by Crippen LogP contribution is -2.43. The highest BCUT2D eigenvalue weighted by Crippen LogP contribution is 1.96. The number of hydrogen-bond acceptors (Lipinski definition) is 6. The van der Waals surface area contributed by atoms with E-state index in [1.807, 2.05) is 6.07 Å². The molecule has 0 atom stereocenters. The Bertz CT molecular complexity index is 326. The Balaban J connectivity index is 4.68. The van der Waals surface area contributed by atoms with Gasteiger partial charge in [-0.25, -0.2) is 9.59 Å². The number of rotatable bonds is 6. The van der Waals surface area contributed by atoms with Crippen LogP contribution in [0, 0.1) is 11.3 Å². The molecule has 17 heavy (non-hydrogen) atoms. The van der Waals surface area contributed by atoms with E-state index in [0.717, 1.165) is 0 Å². The van der Waals surface area contributed by atoms with Crippen molar-refractivity contribution in [2.75, 3.05) is 13.2 Å². The Kier molecular flexibility index (Phi) is 7.19. The van der Waals surface area contributed by atoms with Gasteiger partial charge in [0.2, 0.25) is 6.04 Å². The van der Waals surface area contributed by atoms with Crippen LogP contribution in [0.2, 0.25) is 0 Å². The standard InChI is InChI=1S/C11H16N2O4/c1-4-16-10(14)9(11(15)17-5-2)13-7-8(3)6-12/h7,9,13H,4-5H2,1-3H3. The van der Waals surface area contributed by atoms with Crippen molar-refractivity contribution in [3.63, 3.8) is 0 Å².